The highest BCUT2D eigenvalue weighted by atomic mass is 32.1. The number of nitrogens with zero attached hydrogens (tertiary/aromatic N) is 2. The van der Waals surface area contributed by atoms with Crippen LogP contribution < -0.4 is 0 Å². The Balaban J connectivity index is 1.66. The highest BCUT2D eigenvalue weighted by molar-refractivity contribution is 7.10. The molecule has 20 heavy (non-hydrogen) atoms. The minimum absolute atomic E-state index is 0.245. The van der Waals surface area contributed by atoms with E-state index >= 15 is 0 Å². The number of nitrogens with one attached hydrogen (secondary N) is 1. The fourth-order valence-electron chi connectivity index (χ4n) is 2.88. The van der Waals surface area contributed by atoms with Gasteiger partial charge in [0.1, 0.15) is 0 Å². The zero-order chi connectivity index (χ0) is 13.9. The molecule has 2 aromatic rings. The van der Waals surface area contributed by atoms with Gasteiger partial charge in [-0.05, 0) is 36.8 Å². The van der Waals surface area contributed by atoms with Crippen molar-refractivity contribution in [1.82, 2.24) is 15.1 Å². The zero-order valence-corrected chi connectivity index (χ0v) is 12.4. The summed E-state index contributed by atoms with van der Waals surface area (Å²) in [6.07, 6.45) is 4.60. The Bertz CT molecular complexity index is 576. The average Bonchev–Trinajstić information content (AvgIpc) is 3.10. The molecule has 1 fully saturated rings. The quantitative estimate of drug-likeness (QED) is 0.944. The van der Waals surface area contributed by atoms with Crippen molar-refractivity contribution in [3.05, 3.63) is 39.8 Å². The molecular weight excluding hydrogens is 270 g/mol. The lowest BCUT2D eigenvalue weighted by Gasteiger charge is -2.32. The topological polar surface area (TPSA) is 49.0 Å². The van der Waals surface area contributed by atoms with E-state index < -0.39 is 0 Å². The van der Waals surface area contributed by atoms with Gasteiger partial charge in [0.05, 0.1) is 12.6 Å². The van der Waals surface area contributed by atoms with Crippen molar-refractivity contribution in [2.75, 3.05) is 13.1 Å². The molecule has 0 unspecified atom stereocenters. The zero-order valence-electron chi connectivity index (χ0n) is 11.6. The van der Waals surface area contributed by atoms with E-state index in [9.17, 15) is 4.79 Å². The summed E-state index contributed by atoms with van der Waals surface area (Å²) in [5, 5.41) is 9.22. The number of aromatic amines is 1. The third-order valence-corrected chi connectivity index (χ3v) is 4.83. The number of carbonyl (C=O) groups is 1. The summed E-state index contributed by atoms with van der Waals surface area (Å²) in [7, 11) is 0. The minimum atomic E-state index is 0.245. The Labute approximate surface area is 122 Å². The average molecular weight is 289 g/mol. The van der Waals surface area contributed by atoms with Gasteiger partial charge in [-0.1, -0.05) is 6.07 Å². The van der Waals surface area contributed by atoms with Crippen LogP contribution in [-0.2, 0) is 11.2 Å². The Morgan fingerprint density at radius 3 is 3.20 bits per heavy atom. The van der Waals surface area contributed by atoms with Crippen LogP contribution in [0.4, 0.5) is 0 Å². The maximum absolute atomic E-state index is 12.4. The van der Waals surface area contributed by atoms with E-state index in [1.54, 1.807) is 11.3 Å². The van der Waals surface area contributed by atoms with Crippen molar-refractivity contribution in [3.63, 3.8) is 0 Å². The smallest absolute Gasteiger partial charge is 0.227 e. The van der Waals surface area contributed by atoms with E-state index in [-0.39, 0.29) is 5.91 Å². The van der Waals surface area contributed by atoms with E-state index in [4.69, 9.17) is 0 Å². The molecule has 4 nitrogen and oxygen atoms in total. The SMILES string of the molecule is Cc1cn[nH]c1[C@@H]1CCCN(C(=O)Cc2cccs2)C1. The van der Waals surface area contributed by atoms with Crippen molar-refractivity contribution in [2.24, 2.45) is 0 Å². The molecule has 1 amide bonds. The number of likely N-dealkylation sites (tertiary alicyclic amines) is 1. The van der Waals surface area contributed by atoms with Crippen LogP contribution in [0.25, 0.3) is 0 Å². The molecule has 5 heteroatoms. The second-order valence-corrected chi connectivity index (χ2v) is 6.43. The lowest BCUT2D eigenvalue weighted by atomic mass is 9.93. The number of piperidine rings is 1. The number of H-pyrrole nitrogens is 1. The summed E-state index contributed by atoms with van der Waals surface area (Å²) in [6, 6.07) is 4.03. The van der Waals surface area contributed by atoms with Crippen LogP contribution in [-0.4, -0.2) is 34.1 Å². The maximum Gasteiger partial charge on any atom is 0.227 e. The second kappa shape index (κ2) is 5.79. The number of aromatic nitrogens is 2. The first-order valence-electron chi connectivity index (χ1n) is 7.04. The molecule has 0 aromatic carbocycles. The van der Waals surface area contributed by atoms with Crippen LogP contribution in [0.15, 0.2) is 23.7 Å². The lowest BCUT2D eigenvalue weighted by Crippen LogP contribution is -2.40. The van der Waals surface area contributed by atoms with Crippen molar-refractivity contribution >= 4 is 17.2 Å². The summed E-state index contributed by atoms with van der Waals surface area (Å²) in [4.78, 5) is 15.5. The molecule has 106 valence electrons. The van der Waals surface area contributed by atoms with Gasteiger partial charge in [0.15, 0.2) is 0 Å². The Morgan fingerprint density at radius 2 is 2.50 bits per heavy atom. The highest BCUT2D eigenvalue weighted by Crippen LogP contribution is 2.27. The molecule has 0 spiro atoms. The fourth-order valence-corrected chi connectivity index (χ4v) is 3.58. The van der Waals surface area contributed by atoms with E-state index in [1.165, 1.54) is 11.3 Å². The van der Waals surface area contributed by atoms with Gasteiger partial charge in [0, 0.05) is 29.6 Å². The molecule has 1 saturated heterocycles. The molecule has 1 N–H and O–H groups in total. The van der Waals surface area contributed by atoms with Gasteiger partial charge in [-0.15, -0.1) is 11.3 Å². The number of amides is 1. The Morgan fingerprint density at radius 1 is 1.60 bits per heavy atom. The van der Waals surface area contributed by atoms with Crippen molar-refractivity contribution in [3.8, 4) is 0 Å². The minimum Gasteiger partial charge on any atom is -0.342 e. The van der Waals surface area contributed by atoms with Gasteiger partial charge in [0.2, 0.25) is 5.91 Å². The van der Waals surface area contributed by atoms with Gasteiger partial charge in [-0.2, -0.15) is 5.10 Å². The Hall–Kier alpha value is -1.62. The van der Waals surface area contributed by atoms with E-state index in [0.717, 1.165) is 30.8 Å². The van der Waals surface area contributed by atoms with Crippen LogP contribution in [0.2, 0.25) is 0 Å². The van der Waals surface area contributed by atoms with Gasteiger partial charge in [-0.25, -0.2) is 0 Å². The summed E-state index contributed by atoms with van der Waals surface area (Å²) in [5.74, 6) is 0.646. The number of rotatable bonds is 3. The van der Waals surface area contributed by atoms with Crippen LogP contribution in [0.3, 0.4) is 0 Å². The molecule has 1 atom stereocenters. The van der Waals surface area contributed by atoms with E-state index in [1.807, 2.05) is 28.6 Å². The molecule has 0 bridgehead atoms. The van der Waals surface area contributed by atoms with Gasteiger partial charge in [-0.3, -0.25) is 9.89 Å². The van der Waals surface area contributed by atoms with Crippen LogP contribution >= 0.6 is 11.3 Å². The molecule has 1 aliphatic rings. The number of thiophene rings is 1. The van der Waals surface area contributed by atoms with Crippen molar-refractivity contribution in [1.29, 1.82) is 0 Å². The molecule has 2 aromatic heterocycles. The normalized spacial score (nSPS) is 19.2. The van der Waals surface area contributed by atoms with Crippen LogP contribution in [0.5, 0.6) is 0 Å². The molecular formula is C15H19N3OS. The first kappa shape index (κ1) is 13.4. The first-order chi connectivity index (χ1) is 9.74. The van der Waals surface area contributed by atoms with Crippen LogP contribution in [0.1, 0.15) is 34.9 Å². The van der Waals surface area contributed by atoms with E-state index in [2.05, 4.69) is 17.1 Å². The number of hydrogen-bond acceptors (Lipinski definition) is 3. The fraction of sp³-hybridized carbons (Fsp3) is 0.467. The van der Waals surface area contributed by atoms with Crippen molar-refractivity contribution in [2.45, 2.75) is 32.1 Å². The van der Waals surface area contributed by atoms with Gasteiger partial charge >= 0.3 is 0 Å². The summed E-state index contributed by atoms with van der Waals surface area (Å²) in [6.45, 7) is 3.77. The summed E-state index contributed by atoms with van der Waals surface area (Å²) < 4.78 is 0. The second-order valence-electron chi connectivity index (χ2n) is 5.40. The third kappa shape index (κ3) is 2.77. The molecule has 1 aliphatic heterocycles. The third-order valence-electron chi connectivity index (χ3n) is 3.96. The van der Waals surface area contributed by atoms with Crippen molar-refractivity contribution < 1.29 is 4.79 Å². The number of carbonyl (C=O) groups excluding carboxylic acids is 1. The molecule has 3 rings (SSSR count). The predicted octanol–water partition coefficient (Wildman–Crippen LogP) is 2.73. The standard InChI is InChI=1S/C15H19N3OS/c1-11-9-16-17-15(11)12-4-2-6-18(10-12)14(19)8-13-5-3-7-20-13/h3,5,7,9,12H,2,4,6,8,10H2,1H3,(H,16,17)/t12-/m1/s1. The van der Waals surface area contributed by atoms with Crippen LogP contribution in [0, 0.1) is 6.92 Å². The lowest BCUT2D eigenvalue weighted by molar-refractivity contribution is -0.131. The largest absolute Gasteiger partial charge is 0.342 e. The van der Waals surface area contributed by atoms with E-state index in [0.29, 0.717) is 12.3 Å². The molecule has 3 heterocycles. The first-order valence-corrected chi connectivity index (χ1v) is 7.92. The molecule has 0 aliphatic carbocycles. The molecule has 0 saturated carbocycles. The molecule has 0 radical (unpaired) electrons. The van der Waals surface area contributed by atoms with Gasteiger partial charge in [0.25, 0.3) is 0 Å². The number of hydrogen-bond donors (Lipinski definition) is 1. The van der Waals surface area contributed by atoms with Gasteiger partial charge < -0.3 is 4.90 Å². The summed E-state index contributed by atoms with van der Waals surface area (Å²) >= 11 is 1.65. The maximum atomic E-state index is 12.4. The predicted molar refractivity (Wildman–Crippen MR) is 79.9 cm³/mol. The number of aryl methyl sites for hydroxylation is 1. The summed E-state index contributed by atoms with van der Waals surface area (Å²) in [5.41, 5.74) is 2.39. The monoisotopic (exact) mass is 289 g/mol. The Kier molecular flexibility index (Phi) is 3.87. The highest BCUT2D eigenvalue weighted by Gasteiger charge is 2.26.